The molecule has 0 aromatic heterocycles. The molecule has 0 fully saturated rings. The summed E-state index contributed by atoms with van der Waals surface area (Å²) in [7, 11) is 0. The largest absolute Gasteiger partial charge is 0.508 e. The predicted octanol–water partition coefficient (Wildman–Crippen LogP) is 4.82. The van der Waals surface area contributed by atoms with E-state index in [0.717, 1.165) is 19.8 Å². The fraction of sp³-hybridized carbons (Fsp3) is 0.143. The maximum Gasteiger partial charge on any atom is 0.115 e. The van der Waals surface area contributed by atoms with Crippen LogP contribution in [0.4, 0.5) is 5.69 Å². The van der Waals surface area contributed by atoms with Gasteiger partial charge in [-0.25, -0.2) is 0 Å². The van der Waals surface area contributed by atoms with Gasteiger partial charge in [0.1, 0.15) is 5.75 Å². The van der Waals surface area contributed by atoms with Gasteiger partial charge in [-0.2, -0.15) is 0 Å². The second-order valence-electron chi connectivity index (χ2n) is 4.08. The molecule has 94 valence electrons. The quantitative estimate of drug-likeness (QED) is 0.756. The molecule has 0 aliphatic heterocycles. The van der Waals surface area contributed by atoms with Crippen molar-refractivity contribution in [1.82, 2.24) is 0 Å². The van der Waals surface area contributed by atoms with Crippen molar-refractivity contribution in [2.24, 2.45) is 0 Å². The van der Waals surface area contributed by atoms with E-state index >= 15 is 0 Å². The third-order valence-electron chi connectivity index (χ3n) is 2.70. The van der Waals surface area contributed by atoms with Gasteiger partial charge in [-0.1, -0.05) is 23.7 Å². The van der Waals surface area contributed by atoms with E-state index in [0.29, 0.717) is 0 Å². The van der Waals surface area contributed by atoms with E-state index in [1.165, 1.54) is 0 Å². The summed E-state index contributed by atoms with van der Waals surface area (Å²) in [6, 6.07) is 13.1. The van der Waals surface area contributed by atoms with Gasteiger partial charge < -0.3 is 10.4 Å². The minimum absolute atomic E-state index is 0.167. The molecular formula is C14H13ClINO. The molecule has 2 rings (SSSR count). The number of rotatable bonds is 3. The maximum atomic E-state index is 9.27. The first-order valence-electron chi connectivity index (χ1n) is 5.57. The van der Waals surface area contributed by atoms with Crippen molar-refractivity contribution in [3.05, 3.63) is 56.6 Å². The maximum absolute atomic E-state index is 9.27. The summed E-state index contributed by atoms with van der Waals surface area (Å²) in [5.41, 5.74) is 2.18. The average Bonchev–Trinajstić information content (AvgIpc) is 2.33. The van der Waals surface area contributed by atoms with Crippen molar-refractivity contribution in [3.63, 3.8) is 0 Å². The SMILES string of the molecule is CC(Nc1ccc(Cl)cc1I)c1ccc(O)cc1. The molecule has 2 aromatic rings. The monoisotopic (exact) mass is 373 g/mol. The van der Waals surface area contributed by atoms with Crippen molar-refractivity contribution < 1.29 is 5.11 Å². The fourth-order valence-corrected chi connectivity index (χ4v) is 2.71. The Bertz CT molecular complexity index is 542. The zero-order valence-corrected chi connectivity index (χ0v) is 12.7. The van der Waals surface area contributed by atoms with Gasteiger partial charge in [-0.05, 0) is 65.4 Å². The molecule has 0 bridgehead atoms. The van der Waals surface area contributed by atoms with Crippen LogP contribution < -0.4 is 5.32 Å². The van der Waals surface area contributed by atoms with Gasteiger partial charge in [0.25, 0.3) is 0 Å². The zero-order valence-electron chi connectivity index (χ0n) is 9.82. The van der Waals surface area contributed by atoms with E-state index in [2.05, 4.69) is 34.8 Å². The van der Waals surface area contributed by atoms with Gasteiger partial charge in [0, 0.05) is 20.3 Å². The number of halogens is 2. The minimum atomic E-state index is 0.167. The Labute approximate surface area is 125 Å². The van der Waals surface area contributed by atoms with Crippen LogP contribution in [-0.4, -0.2) is 5.11 Å². The number of hydrogen-bond acceptors (Lipinski definition) is 2. The van der Waals surface area contributed by atoms with Gasteiger partial charge in [-0.15, -0.1) is 0 Å². The molecule has 0 aliphatic rings. The second-order valence-corrected chi connectivity index (χ2v) is 5.68. The summed E-state index contributed by atoms with van der Waals surface area (Å²) < 4.78 is 1.09. The van der Waals surface area contributed by atoms with Crippen LogP contribution in [0.25, 0.3) is 0 Å². The molecule has 18 heavy (non-hydrogen) atoms. The van der Waals surface area contributed by atoms with E-state index < -0.39 is 0 Å². The number of nitrogens with one attached hydrogen (secondary N) is 1. The van der Waals surface area contributed by atoms with Crippen molar-refractivity contribution in [2.75, 3.05) is 5.32 Å². The Hall–Kier alpha value is -0.940. The topological polar surface area (TPSA) is 32.3 Å². The van der Waals surface area contributed by atoms with Gasteiger partial charge in [0.05, 0.1) is 0 Å². The van der Waals surface area contributed by atoms with Gasteiger partial charge in [0.2, 0.25) is 0 Å². The Morgan fingerprint density at radius 1 is 1.17 bits per heavy atom. The van der Waals surface area contributed by atoms with E-state index in [-0.39, 0.29) is 11.8 Å². The number of phenolic OH excluding ortho intramolecular Hbond substituents is 1. The Morgan fingerprint density at radius 3 is 2.44 bits per heavy atom. The molecule has 4 heteroatoms. The molecule has 1 unspecified atom stereocenters. The van der Waals surface area contributed by atoms with Gasteiger partial charge in [0.15, 0.2) is 0 Å². The smallest absolute Gasteiger partial charge is 0.115 e. The number of phenols is 1. The average molecular weight is 374 g/mol. The summed E-state index contributed by atoms with van der Waals surface area (Å²) >= 11 is 8.18. The number of hydrogen-bond donors (Lipinski definition) is 2. The van der Waals surface area contributed by atoms with Crippen LogP contribution in [0.2, 0.25) is 5.02 Å². The third kappa shape index (κ3) is 3.29. The van der Waals surface area contributed by atoms with Crippen LogP contribution in [-0.2, 0) is 0 Å². The van der Waals surface area contributed by atoms with E-state index in [9.17, 15) is 5.11 Å². The molecular weight excluding hydrogens is 361 g/mol. The highest BCUT2D eigenvalue weighted by atomic mass is 127. The normalized spacial score (nSPS) is 12.2. The lowest BCUT2D eigenvalue weighted by atomic mass is 10.1. The molecule has 0 saturated carbocycles. The number of aromatic hydroxyl groups is 1. The van der Waals surface area contributed by atoms with Crippen LogP contribution in [0.1, 0.15) is 18.5 Å². The summed E-state index contributed by atoms with van der Waals surface area (Å²) in [6.45, 7) is 2.08. The fourth-order valence-electron chi connectivity index (χ4n) is 1.69. The molecule has 0 radical (unpaired) electrons. The Kier molecular flexibility index (Phi) is 4.35. The summed E-state index contributed by atoms with van der Waals surface area (Å²) in [5, 5.41) is 13.4. The lowest BCUT2D eigenvalue weighted by molar-refractivity contribution is 0.475. The summed E-state index contributed by atoms with van der Waals surface area (Å²) in [6.07, 6.45) is 0. The lowest BCUT2D eigenvalue weighted by Gasteiger charge is -2.17. The third-order valence-corrected chi connectivity index (χ3v) is 3.82. The van der Waals surface area contributed by atoms with Gasteiger partial charge in [-0.3, -0.25) is 0 Å². The highest BCUT2D eigenvalue weighted by molar-refractivity contribution is 14.1. The first-order chi connectivity index (χ1) is 8.56. The number of benzene rings is 2. The summed E-state index contributed by atoms with van der Waals surface area (Å²) in [5.74, 6) is 0.284. The van der Waals surface area contributed by atoms with Crippen molar-refractivity contribution in [1.29, 1.82) is 0 Å². The van der Waals surface area contributed by atoms with Gasteiger partial charge >= 0.3 is 0 Å². The van der Waals surface area contributed by atoms with Crippen molar-refractivity contribution >= 4 is 39.9 Å². The molecule has 0 amide bonds. The highest BCUT2D eigenvalue weighted by Crippen LogP contribution is 2.26. The first-order valence-corrected chi connectivity index (χ1v) is 7.02. The van der Waals surface area contributed by atoms with Crippen LogP contribution in [0.3, 0.4) is 0 Å². The Balaban J connectivity index is 2.15. The molecule has 2 nitrogen and oxygen atoms in total. The van der Waals surface area contributed by atoms with Crippen molar-refractivity contribution in [3.8, 4) is 5.75 Å². The molecule has 0 aliphatic carbocycles. The molecule has 2 N–H and O–H groups in total. The van der Waals surface area contributed by atoms with E-state index in [4.69, 9.17) is 11.6 Å². The zero-order chi connectivity index (χ0) is 13.1. The molecule has 0 saturated heterocycles. The first kappa shape index (κ1) is 13.5. The van der Waals surface area contributed by atoms with Crippen LogP contribution in [0, 0.1) is 3.57 Å². The van der Waals surface area contributed by atoms with Crippen molar-refractivity contribution in [2.45, 2.75) is 13.0 Å². The lowest BCUT2D eigenvalue weighted by Crippen LogP contribution is -2.07. The molecule has 0 heterocycles. The summed E-state index contributed by atoms with van der Waals surface area (Å²) in [4.78, 5) is 0. The van der Waals surface area contributed by atoms with E-state index in [1.54, 1.807) is 12.1 Å². The Morgan fingerprint density at radius 2 is 1.83 bits per heavy atom. The second kappa shape index (κ2) is 5.80. The molecule has 0 spiro atoms. The highest BCUT2D eigenvalue weighted by Gasteiger charge is 2.07. The molecule has 1 atom stereocenters. The minimum Gasteiger partial charge on any atom is -0.508 e. The predicted molar refractivity (Wildman–Crippen MR) is 84.3 cm³/mol. The van der Waals surface area contributed by atoms with Crippen LogP contribution in [0.15, 0.2) is 42.5 Å². The number of anilines is 1. The van der Waals surface area contributed by atoms with Crippen LogP contribution >= 0.6 is 34.2 Å². The van der Waals surface area contributed by atoms with E-state index in [1.807, 2.05) is 30.3 Å². The standard InChI is InChI=1S/C14H13ClINO/c1-9(10-2-5-12(18)6-3-10)17-14-7-4-11(15)8-13(14)16/h2-9,17-18H,1H3. The van der Waals surface area contributed by atoms with Crippen LogP contribution in [0.5, 0.6) is 5.75 Å². The molecule has 2 aromatic carbocycles.